The molecule has 3 N–H and O–H groups in total. The van der Waals surface area contributed by atoms with Gasteiger partial charge in [0, 0.05) is 48.4 Å². The van der Waals surface area contributed by atoms with Crippen molar-refractivity contribution in [3.8, 4) is 6.07 Å². The summed E-state index contributed by atoms with van der Waals surface area (Å²) in [5.41, 5.74) is 8.34. The van der Waals surface area contributed by atoms with Crippen molar-refractivity contribution in [2.75, 3.05) is 31.6 Å². The lowest BCUT2D eigenvalue weighted by Crippen LogP contribution is -2.50. The molecule has 0 aromatic heterocycles. The summed E-state index contributed by atoms with van der Waals surface area (Å²) in [6.07, 6.45) is 6.17. The number of hydrogen-bond donors (Lipinski definition) is 2. The average Bonchev–Trinajstić information content (AvgIpc) is 3.32. The van der Waals surface area contributed by atoms with Gasteiger partial charge in [0.05, 0.1) is 30.4 Å². The molecule has 1 saturated carbocycles. The van der Waals surface area contributed by atoms with Gasteiger partial charge in [-0.2, -0.15) is 5.26 Å². The molecule has 2 heterocycles. The van der Waals surface area contributed by atoms with Gasteiger partial charge < -0.3 is 10.6 Å². The Balaban J connectivity index is 0.000000628. The first-order valence-electron chi connectivity index (χ1n) is 10.4. The lowest BCUT2D eigenvalue weighted by atomic mass is 10.1. The van der Waals surface area contributed by atoms with E-state index >= 15 is 0 Å². The number of amides is 1. The largest absolute Gasteiger partial charge is 0.404 e. The summed E-state index contributed by atoms with van der Waals surface area (Å²) in [5, 5.41) is 7.62. The Morgan fingerprint density at radius 2 is 2.23 bits per heavy atom. The van der Waals surface area contributed by atoms with Crippen LogP contribution in [0.1, 0.15) is 43.5 Å². The molecule has 1 fully saturated rings. The number of fused-ring (bicyclic) bond motifs is 3. The Hall–Kier alpha value is -2.83. The second-order valence-corrected chi connectivity index (χ2v) is 8.69. The number of nitriles is 1. The molecule has 0 saturated heterocycles. The number of hydrogen-bond acceptors (Lipinski definition) is 8. The van der Waals surface area contributed by atoms with Gasteiger partial charge in [-0.05, 0) is 49.9 Å². The van der Waals surface area contributed by atoms with Gasteiger partial charge in [0.25, 0.3) is 5.91 Å². The predicted molar refractivity (Wildman–Crippen MR) is 126 cm³/mol. The zero-order valence-electron chi connectivity index (χ0n) is 18.3. The van der Waals surface area contributed by atoms with Crippen LogP contribution in [0.15, 0.2) is 44.9 Å². The van der Waals surface area contributed by atoms with Crippen LogP contribution in [0.4, 0.5) is 5.69 Å². The van der Waals surface area contributed by atoms with E-state index in [1.807, 2.05) is 25.1 Å². The maximum atomic E-state index is 13.3. The molecule has 1 aromatic carbocycles. The maximum absolute atomic E-state index is 13.3. The molecule has 164 valence electrons. The number of rotatable bonds is 6. The Kier molecular flexibility index (Phi) is 7.36. The van der Waals surface area contributed by atoms with Crippen LogP contribution in [0, 0.1) is 11.3 Å². The number of nitrogens with one attached hydrogen (secondary N) is 1. The van der Waals surface area contributed by atoms with Crippen molar-refractivity contribution in [3.05, 3.63) is 35.5 Å². The monoisotopic (exact) mass is 439 g/mol. The minimum atomic E-state index is -0.0502. The third-order valence-electron chi connectivity index (χ3n) is 5.22. The summed E-state index contributed by atoms with van der Waals surface area (Å²) >= 11 is 1.60. The van der Waals surface area contributed by atoms with E-state index in [0.29, 0.717) is 31.0 Å². The molecule has 1 aliphatic carbocycles. The fourth-order valence-corrected chi connectivity index (χ4v) is 4.10. The summed E-state index contributed by atoms with van der Waals surface area (Å²) in [7, 11) is 1.69. The Bertz CT molecular complexity index is 959. The summed E-state index contributed by atoms with van der Waals surface area (Å²) in [5.74, 6) is 0.645. The van der Waals surface area contributed by atoms with E-state index < -0.39 is 0 Å². The van der Waals surface area contributed by atoms with Crippen molar-refractivity contribution in [2.45, 2.75) is 43.5 Å². The van der Waals surface area contributed by atoms with E-state index in [-0.39, 0.29) is 11.4 Å². The van der Waals surface area contributed by atoms with E-state index in [4.69, 9.17) is 11.0 Å². The minimum absolute atomic E-state index is 0.0502. The summed E-state index contributed by atoms with van der Waals surface area (Å²) in [6, 6.07) is 8.00. The molecule has 0 spiro atoms. The number of anilines is 1. The van der Waals surface area contributed by atoms with Crippen LogP contribution >= 0.6 is 11.9 Å². The predicted octanol–water partition coefficient (Wildman–Crippen LogP) is 2.93. The van der Waals surface area contributed by atoms with Crippen LogP contribution in [0.25, 0.3) is 0 Å². The SMILES string of the molecule is CCC#N.CN=C/C(=C\N)CN1C(=O)c2cc(SNC3(C)CC3)ccc2N2CCN=C12. The van der Waals surface area contributed by atoms with Crippen molar-refractivity contribution in [3.63, 3.8) is 0 Å². The summed E-state index contributed by atoms with van der Waals surface area (Å²) < 4.78 is 3.50. The minimum Gasteiger partial charge on any atom is -0.404 e. The van der Waals surface area contributed by atoms with E-state index in [9.17, 15) is 4.79 Å². The molecule has 4 rings (SSSR count). The Morgan fingerprint density at radius 3 is 2.84 bits per heavy atom. The van der Waals surface area contributed by atoms with E-state index in [1.54, 1.807) is 30.1 Å². The van der Waals surface area contributed by atoms with Crippen LogP contribution in [0.5, 0.6) is 0 Å². The van der Waals surface area contributed by atoms with Crippen LogP contribution in [0.3, 0.4) is 0 Å². The lowest BCUT2D eigenvalue weighted by molar-refractivity contribution is 0.0851. The van der Waals surface area contributed by atoms with Crippen LogP contribution in [-0.2, 0) is 0 Å². The molecule has 2 aliphatic heterocycles. The number of nitrogens with zero attached hydrogens (tertiary/aromatic N) is 5. The number of nitrogens with two attached hydrogens (primary N) is 1. The first-order valence-corrected chi connectivity index (χ1v) is 11.2. The molecule has 1 amide bonds. The molecule has 3 aliphatic rings. The van der Waals surface area contributed by atoms with Crippen LogP contribution in [0.2, 0.25) is 0 Å². The smallest absolute Gasteiger partial charge is 0.263 e. The highest BCUT2D eigenvalue weighted by molar-refractivity contribution is 7.97. The number of carbonyl (C=O) groups excluding carboxylic acids is 1. The first-order chi connectivity index (χ1) is 15.0. The molecule has 0 atom stereocenters. The molecular weight excluding hydrogens is 410 g/mol. The van der Waals surface area contributed by atoms with Gasteiger partial charge in [0.2, 0.25) is 5.96 Å². The number of carbonyl (C=O) groups is 1. The Labute approximate surface area is 188 Å². The van der Waals surface area contributed by atoms with Gasteiger partial charge in [-0.1, -0.05) is 6.92 Å². The zero-order chi connectivity index (χ0) is 22.4. The second-order valence-electron chi connectivity index (χ2n) is 7.81. The van der Waals surface area contributed by atoms with Crippen molar-refractivity contribution in [1.29, 1.82) is 5.26 Å². The molecule has 8 nitrogen and oxygen atoms in total. The first kappa shape index (κ1) is 22.8. The summed E-state index contributed by atoms with van der Waals surface area (Å²) in [6.45, 7) is 5.85. The topological polar surface area (TPSA) is 110 Å². The molecule has 0 radical (unpaired) electrons. The maximum Gasteiger partial charge on any atom is 0.263 e. The second kappa shape index (κ2) is 9.98. The third kappa shape index (κ3) is 5.27. The normalized spacial score (nSPS) is 18.7. The van der Waals surface area contributed by atoms with Crippen LogP contribution in [-0.4, -0.2) is 55.2 Å². The van der Waals surface area contributed by atoms with E-state index in [0.717, 1.165) is 22.7 Å². The van der Waals surface area contributed by atoms with Crippen molar-refractivity contribution in [1.82, 2.24) is 9.62 Å². The fourth-order valence-electron chi connectivity index (χ4n) is 3.22. The van der Waals surface area contributed by atoms with Crippen molar-refractivity contribution < 1.29 is 4.79 Å². The highest BCUT2D eigenvalue weighted by Crippen LogP contribution is 2.39. The number of aliphatic imine (C=N–C) groups is 2. The van der Waals surface area contributed by atoms with Crippen LogP contribution < -0.4 is 15.4 Å². The highest BCUT2D eigenvalue weighted by atomic mass is 32.2. The van der Waals surface area contributed by atoms with Gasteiger partial charge in [0.15, 0.2) is 0 Å². The molecule has 31 heavy (non-hydrogen) atoms. The van der Waals surface area contributed by atoms with E-state index in [1.165, 1.54) is 19.0 Å². The number of guanidine groups is 1. The van der Waals surface area contributed by atoms with Gasteiger partial charge in [-0.3, -0.25) is 24.4 Å². The number of benzene rings is 1. The van der Waals surface area contributed by atoms with Gasteiger partial charge in [-0.15, -0.1) is 0 Å². The van der Waals surface area contributed by atoms with Gasteiger partial charge in [-0.25, -0.2) is 0 Å². The average molecular weight is 440 g/mol. The lowest BCUT2D eigenvalue weighted by Gasteiger charge is -2.36. The quantitative estimate of drug-likeness (QED) is 0.521. The van der Waals surface area contributed by atoms with Gasteiger partial charge >= 0.3 is 0 Å². The van der Waals surface area contributed by atoms with E-state index in [2.05, 4.69) is 32.6 Å². The third-order valence-corrected chi connectivity index (χ3v) is 6.30. The summed E-state index contributed by atoms with van der Waals surface area (Å²) in [4.78, 5) is 26.7. The highest BCUT2D eigenvalue weighted by Gasteiger charge is 2.39. The molecule has 0 unspecified atom stereocenters. The fraction of sp³-hybridized carbons (Fsp3) is 0.455. The van der Waals surface area contributed by atoms with Gasteiger partial charge in [0.1, 0.15) is 0 Å². The molecule has 9 heteroatoms. The molecular formula is C22H29N7OS. The zero-order valence-corrected chi connectivity index (χ0v) is 19.1. The van der Waals surface area contributed by atoms with Crippen molar-refractivity contribution in [2.24, 2.45) is 15.7 Å². The molecule has 0 bridgehead atoms. The van der Waals surface area contributed by atoms with Crippen molar-refractivity contribution >= 4 is 35.7 Å². The Morgan fingerprint density at radius 1 is 1.48 bits per heavy atom. The molecule has 1 aromatic rings. The standard InChI is InChI=1S/C19H24N6OS.C3H5N/c1-19(5-6-19)23-27-14-3-4-16-15(9-14)17(26)25(12-13(10-20)11-21-2)18-22-7-8-24(16)18;1-2-3-4/h3-4,9-11,23H,5-8,12,20H2,1-2H3;2H2,1H3/b13-10+,21-11?;.